The second kappa shape index (κ2) is 5.53. The van der Waals surface area contributed by atoms with E-state index in [-0.39, 0.29) is 11.5 Å². The van der Waals surface area contributed by atoms with Gasteiger partial charge in [-0.3, -0.25) is 0 Å². The summed E-state index contributed by atoms with van der Waals surface area (Å²) in [5.41, 5.74) is 1.07. The number of phenolic OH excluding ortho intramolecular Hbond substituents is 2. The fourth-order valence-electron chi connectivity index (χ4n) is 1.41. The lowest BCUT2D eigenvalue weighted by atomic mass is 10.1. The van der Waals surface area contributed by atoms with Crippen molar-refractivity contribution in [1.82, 2.24) is 0 Å². The van der Waals surface area contributed by atoms with Gasteiger partial charge < -0.3 is 10.2 Å². The first kappa shape index (κ1) is 10.9. The van der Waals surface area contributed by atoms with Crippen molar-refractivity contribution in [1.29, 1.82) is 0 Å². The lowest BCUT2D eigenvalue weighted by molar-refractivity contribution is 0.403. The molecule has 0 spiro atoms. The Bertz CT molecular complexity index is 282. The average molecular weight is 193 g/mol. The Kier molecular flexibility index (Phi) is 4.30. The molecular weight excluding hydrogens is 176 g/mol. The van der Waals surface area contributed by atoms with E-state index in [1.54, 1.807) is 6.07 Å². The SMILES string of the molecule is [CH2]CCCCCc1ccc(O)c(O)c1. The molecule has 0 fully saturated rings. The molecule has 2 N–H and O–H groups in total. The molecule has 0 amide bonds. The van der Waals surface area contributed by atoms with E-state index < -0.39 is 0 Å². The monoisotopic (exact) mass is 193 g/mol. The van der Waals surface area contributed by atoms with Crippen molar-refractivity contribution in [3.05, 3.63) is 30.7 Å². The van der Waals surface area contributed by atoms with Gasteiger partial charge in [-0.25, -0.2) is 0 Å². The predicted molar refractivity (Wildman–Crippen MR) is 57.3 cm³/mol. The van der Waals surface area contributed by atoms with Crippen LogP contribution in [0.5, 0.6) is 11.5 Å². The van der Waals surface area contributed by atoms with Crippen molar-refractivity contribution in [2.75, 3.05) is 0 Å². The molecule has 0 saturated carbocycles. The highest BCUT2D eigenvalue weighted by Crippen LogP contribution is 2.25. The molecule has 1 rings (SSSR count). The summed E-state index contributed by atoms with van der Waals surface area (Å²) < 4.78 is 0. The Hall–Kier alpha value is -1.18. The van der Waals surface area contributed by atoms with Crippen molar-refractivity contribution >= 4 is 0 Å². The third kappa shape index (κ3) is 3.29. The number of phenols is 2. The van der Waals surface area contributed by atoms with Crippen LogP contribution in [0, 0.1) is 6.92 Å². The van der Waals surface area contributed by atoms with Crippen LogP contribution in [0.3, 0.4) is 0 Å². The molecule has 1 radical (unpaired) electrons. The van der Waals surface area contributed by atoms with Gasteiger partial charge in [0.15, 0.2) is 11.5 Å². The third-order valence-electron chi connectivity index (χ3n) is 2.26. The Morgan fingerprint density at radius 3 is 2.43 bits per heavy atom. The molecule has 2 nitrogen and oxygen atoms in total. The molecule has 77 valence electrons. The van der Waals surface area contributed by atoms with Crippen molar-refractivity contribution in [2.24, 2.45) is 0 Å². The van der Waals surface area contributed by atoms with E-state index in [2.05, 4.69) is 6.92 Å². The van der Waals surface area contributed by atoms with Crippen molar-refractivity contribution in [3.63, 3.8) is 0 Å². The first-order chi connectivity index (χ1) is 6.74. The largest absolute Gasteiger partial charge is 0.504 e. The fraction of sp³-hybridized carbons (Fsp3) is 0.417. The summed E-state index contributed by atoms with van der Waals surface area (Å²) in [5.74, 6) is -0.0776. The molecule has 0 saturated heterocycles. The van der Waals surface area contributed by atoms with Gasteiger partial charge in [-0.2, -0.15) is 0 Å². The topological polar surface area (TPSA) is 40.5 Å². The summed E-state index contributed by atoms with van der Waals surface area (Å²) in [4.78, 5) is 0. The zero-order chi connectivity index (χ0) is 10.4. The van der Waals surface area contributed by atoms with Crippen LogP contribution in [0.15, 0.2) is 18.2 Å². The Labute approximate surface area is 85.2 Å². The van der Waals surface area contributed by atoms with E-state index in [1.165, 1.54) is 12.5 Å². The molecule has 1 aromatic rings. The molecule has 14 heavy (non-hydrogen) atoms. The summed E-state index contributed by atoms with van der Waals surface area (Å²) >= 11 is 0. The molecule has 0 aliphatic heterocycles. The van der Waals surface area contributed by atoms with E-state index >= 15 is 0 Å². The Morgan fingerprint density at radius 1 is 1.00 bits per heavy atom. The first-order valence-corrected chi connectivity index (χ1v) is 5.04. The molecule has 1 aromatic carbocycles. The summed E-state index contributed by atoms with van der Waals surface area (Å²) in [6, 6.07) is 5.00. The van der Waals surface area contributed by atoms with Gasteiger partial charge in [0.05, 0.1) is 0 Å². The average Bonchev–Trinajstić information content (AvgIpc) is 2.18. The lowest BCUT2D eigenvalue weighted by Gasteiger charge is -2.03. The van der Waals surface area contributed by atoms with Gasteiger partial charge in [-0.1, -0.05) is 32.3 Å². The fourth-order valence-corrected chi connectivity index (χ4v) is 1.41. The molecular formula is C12H17O2. The van der Waals surface area contributed by atoms with E-state index in [9.17, 15) is 5.11 Å². The minimum atomic E-state index is -0.0495. The number of hydrogen-bond donors (Lipinski definition) is 2. The summed E-state index contributed by atoms with van der Waals surface area (Å²) in [5, 5.41) is 18.3. The molecule has 2 heteroatoms. The number of unbranched alkanes of at least 4 members (excludes halogenated alkanes) is 3. The summed E-state index contributed by atoms with van der Waals surface area (Å²) in [7, 11) is 0. The van der Waals surface area contributed by atoms with E-state index in [1.807, 2.05) is 6.07 Å². The molecule has 0 bridgehead atoms. The highest BCUT2D eigenvalue weighted by Gasteiger charge is 1.99. The molecule has 0 heterocycles. The van der Waals surface area contributed by atoms with Crippen LogP contribution in [0.2, 0.25) is 0 Å². The van der Waals surface area contributed by atoms with Crippen LogP contribution in [0.4, 0.5) is 0 Å². The molecule has 0 aliphatic rings. The van der Waals surface area contributed by atoms with Crippen molar-refractivity contribution in [3.8, 4) is 11.5 Å². The lowest BCUT2D eigenvalue weighted by Crippen LogP contribution is -1.85. The maximum absolute atomic E-state index is 9.24. The Balaban J connectivity index is 2.39. The quantitative estimate of drug-likeness (QED) is 0.557. The van der Waals surface area contributed by atoms with E-state index in [0.29, 0.717) is 0 Å². The predicted octanol–water partition coefficient (Wildman–Crippen LogP) is 3.03. The normalized spacial score (nSPS) is 10.4. The minimum absolute atomic E-state index is 0.0281. The molecule has 0 unspecified atom stereocenters. The van der Waals surface area contributed by atoms with Crippen LogP contribution in [0.1, 0.15) is 31.2 Å². The Morgan fingerprint density at radius 2 is 1.79 bits per heavy atom. The highest BCUT2D eigenvalue weighted by molar-refractivity contribution is 5.40. The number of aryl methyl sites for hydroxylation is 1. The van der Waals surface area contributed by atoms with Crippen LogP contribution in [-0.4, -0.2) is 10.2 Å². The van der Waals surface area contributed by atoms with Crippen LogP contribution in [-0.2, 0) is 6.42 Å². The summed E-state index contributed by atoms with van der Waals surface area (Å²) in [6.07, 6.45) is 5.38. The maximum atomic E-state index is 9.24. The van der Waals surface area contributed by atoms with Gasteiger partial charge in [0.25, 0.3) is 0 Å². The van der Waals surface area contributed by atoms with Gasteiger partial charge in [-0.15, -0.1) is 0 Å². The highest BCUT2D eigenvalue weighted by atomic mass is 16.3. The molecule has 0 aromatic heterocycles. The van der Waals surface area contributed by atoms with Crippen LogP contribution in [0.25, 0.3) is 0 Å². The van der Waals surface area contributed by atoms with E-state index in [4.69, 9.17) is 5.11 Å². The number of rotatable bonds is 5. The molecule has 0 atom stereocenters. The second-order valence-electron chi connectivity index (χ2n) is 3.49. The second-order valence-corrected chi connectivity index (χ2v) is 3.49. The van der Waals surface area contributed by atoms with Gasteiger partial charge in [0.2, 0.25) is 0 Å². The number of hydrogen-bond acceptors (Lipinski definition) is 2. The van der Waals surface area contributed by atoms with E-state index in [0.717, 1.165) is 31.2 Å². The third-order valence-corrected chi connectivity index (χ3v) is 2.26. The first-order valence-electron chi connectivity index (χ1n) is 5.04. The zero-order valence-corrected chi connectivity index (χ0v) is 8.37. The van der Waals surface area contributed by atoms with Gasteiger partial charge in [0, 0.05) is 0 Å². The van der Waals surface area contributed by atoms with Gasteiger partial charge >= 0.3 is 0 Å². The maximum Gasteiger partial charge on any atom is 0.157 e. The molecule has 0 aliphatic carbocycles. The smallest absolute Gasteiger partial charge is 0.157 e. The number of aromatic hydroxyl groups is 2. The van der Waals surface area contributed by atoms with Gasteiger partial charge in [-0.05, 0) is 30.5 Å². The minimum Gasteiger partial charge on any atom is -0.504 e. The van der Waals surface area contributed by atoms with Crippen molar-refractivity contribution < 1.29 is 10.2 Å². The van der Waals surface area contributed by atoms with Crippen LogP contribution >= 0.6 is 0 Å². The zero-order valence-electron chi connectivity index (χ0n) is 8.37. The van der Waals surface area contributed by atoms with Gasteiger partial charge in [0.1, 0.15) is 0 Å². The standard InChI is InChI=1S/C12H17O2/c1-2-3-4-5-6-10-7-8-11(13)12(14)9-10/h7-9,13-14H,1-6H2. The number of benzene rings is 1. The van der Waals surface area contributed by atoms with Crippen molar-refractivity contribution in [2.45, 2.75) is 32.1 Å². The van der Waals surface area contributed by atoms with Crippen LogP contribution < -0.4 is 0 Å². The summed E-state index contributed by atoms with van der Waals surface area (Å²) in [6.45, 7) is 3.78.